The Labute approximate surface area is 224 Å². The molecule has 2 aromatic carbocycles. The molecule has 0 saturated carbocycles. The molecule has 0 radical (unpaired) electrons. The molecule has 9 heteroatoms. The van der Waals surface area contributed by atoms with Crippen molar-refractivity contribution in [2.24, 2.45) is 11.7 Å². The van der Waals surface area contributed by atoms with Gasteiger partial charge < -0.3 is 25.6 Å². The number of nitrogens with two attached hydrogens (primary N) is 1. The number of benzene rings is 2. The number of carbonyl (C=O) groups excluding carboxylic acids is 4. The average Bonchev–Trinajstić information content (AvgIpc) is 3.40. The van der Waals surface area contributed by atoms with Crippen molar-refractivity contribution in [2.45, 2.75) is 71.2 Å². The molecule has 0 spiro atoms. The summed E-state index contributed by atoms with van der Waals surface area (Å²) in [5.74, 6) is -0.977. The summed E-state index contributed by atoms with van der Waals surface area (Å²) in [5.41, 5.74) is 6.60. The zero-order valence-corrected chi connectivity index (χ0v) is 22.6. The smallest absolute Gasteiger partial charge is 0.303 e. The van der Waals surface area contributed by atoms with Crippen LogP contribution in [0.25, 0.3) is 10.8 Å². The zero-order valence-electron chi connectivity index (χ0n) is 22.6. The Kier molecular flexibility index (Phi) is 10.6. The van der Waals surface area contributed by atoms with Gasteiger partial charge in [-0.25, -0.2) is 0 Å². The third kappa shape index (κ3) is 7.10. The van der Waals surface area contributed by atoms with E-state index in [-0.39, 0.29) is 31.3 Å². The van der Waals surface area contributed by atoms with Gasteiger partial charge in [0, 0.05) is 32.4 Å². The molecule has 0 bridgehead atoms. The van der Waals surface area contributed by atoms with Crippen LogP contribution in [-0.4, -0.2) is 71.9 Å². The molecular weight excluding hydrogens is 484 g/mol. The molecule has 1 aliphatic rings. The first kappa shape index (κ1) is 29.1. The second kappa shape index (κ2) is 13.9. The Morgan fingerprint density at radius 1 is 1.16 bits per heavy atom. The molecule has 3 rings (SSSR count). The monoisotopic (exact) mass is 524 g/mol. The maximum absolute atomic E-state index is 13.6. The highest BCUT2D eigenvalue weighted by Gasteiger charge is 2.40. The quantitative estimate of drug-likeness (QED) is 0.307. The SMILES string of the molecule is CCC(CC)C(=O)N1CCCC1N(C=O)[C@H](Cc1ccc2ccccc2c1)C(=O)NCC(CN)OC(C)=O. The first-order valence-electron chi connectivity index (χ1n) is 13.5. The minimum Gasteiger partial charge on any atom is -0.459 e. The van der Waals surface area contributed by atoms with Crippen LogP contribution in [0.4, 0.5) is 0 Å². The minimum absolute atomic E-state index is 0.0206. The van der Waals surface area contributed by atoms with Crippen LogP contribution in [0.1, 0.15) is 52.0 Å². The molecule has 206 valence electrons. The van der Waals surface area contributed by atoms with Gasteiger partial charge in [0.1, 0.15) is 18.3 Å². The summed E-state index contributed by atoms with van der Waals surface area (Å²) in [4.78, 5) is 54.1. The minimum atomic E-state index is -0.871. The fourth-order valence-corrected chi connectivity index (χ4v) is 5.20. The number of fused-ring (bicyclic) bond motifs is 1. The van der Waals surface area contributed by atoms with Crippen molar-refractivity contribution < 1.29 is 23.9 Å². The molecule has 0 aromatic heterocycles. The van der Waals surface area contributed by atoms with E-state index in [1.54, 1.807) is 4.90 Å². The molecule has 1 aliphatic heterocycles. The van der Waals surface area contributed by atoms with Crippen LogP contribution in [0, 0.1) is 5.92 Å². The van der Waals surface area contributed by atoms with Gasteiger partial charge in [-0.05, 0) is 42.0 Å². The van der Waals surface area contributed by atoms with Crippen molar-refractivity contribution in [2.75, 3.05) is 19.6 Å². The zero-order chi connectivity index (χ0) is 27.7. The fourth-order valence-electron chi connectivity index (χ4n) is 5.20. The first-order chi connectivity index (χ1) is 18.3. The Morgan fingerprint density at radius 3 is 2.50 bits per heavy atom. The highest BCUT2D eigenvalue weighted by molar-refractivity contribution is 5.86. The van der Waals surface area contributed by atoms with E-state index in [1.165, 1.54) is 11.8 Å². The lowest BCUT2D eigenvalue weighted by atomic mass is 9.99. The lowest BCUT2D eigenvalue weighted by Crippen LogP contribution is -2.57. The van der Waals surface area contributed by atoms with E-state index < -0.39 is 30.2 Å². The van der Waals surface area contributed by atoms with Gasteiger partial charge in [0.2, 0.25) is 18.2 Å². The predicted octanol–water partition coefficient (Wildman–Crippen LogP) is 2.60. The summed E-state index contributed by atoms with van der Waals surface area (Å²) in [6.07, 6.45) is 2.56. The van der Waals surface area contributed by atoms with Crippen molar-refractivity contribution in [3.63, 3.8) is 0 Å². The molecule has 3 atom stereocenters. The topological polar surface area (TPSA) is 122 Å². The standard InChI is InChI=1S/C29H40N4O5/c1-4-22(5-2)29(37)32-14-8-11-27(32)33(19-34)26(28(36)31-18-25(17-30)38-20(3)35)16-21-12-13-23-9-6-7-10-24(23)15-21/h6-7,9-10,12-13,15,19,22,25-27H,4-5,8,11,14,16-18,30H2,1-3H3,(H,31,36)/t25?,26-,27?/m1/s1. The van der Waals surface area contributed by atoms with Gasteiger partial charge in [0.25, 0.3) is 0 Å². The second-order valence-corrected chi connectivity index (χ2v) is 9.83. The largest absolute Gasteiger partial charge is 0.459 e. The summed E-state index contributed by atoms with van der Waals surface area (Å²) in [6, 6.07) is 13.0. The predicted molar refractivity (Wildman–Crippen MR) is 146 cm³/mol. The maximum atomic E-state index is 13.6. The highest BCUT2D eigenvalue weighted by Crippen LogP contribution is 2.27. The van der Waals surface area contributed by atoms with Crippen LogP contribution in [-0.2, 0) is 30.3 Å². The van der Waals surface area contributed by atoms with Gasteiger partial charge in [-0.1, -0.05) is 56.3 Å². The summed E-state index contributed by atoms with van der Waals surface area (Å²) >= 11 is 0. The van der Waals surface area contributed by atoms with Crippen LogP contribution in [0.15, 0.2) is 42.5 Å². The summed E-state index contributed by atoms with van der Waals surface area (Å²) < 4.78 is 5.17. The van der Waals surface area contributed by atoms with Crippen LogP contribution in [0.5, 0.6) is 0 Å². The van der Waals surface area contributed by atoms with E-state index in [4.69, 9.17) is 10.5 Å². The van der Waals surface area contributed by atoms with E-state index in [0.717, 1.165) is 35.6 Å². The number of hydrogen-bond donors (Lipinski definition) is 2. The molecule has 1 saturated heterocycles. The second-order valence-electron chi connectivity index (χ2n) is 9.83. The number of amides is 3. The molecule has 2 aromatic rings. The lowest BCUT2D eigenvalue weighted by Gasteiger charge is -2.38. The van der Waals surface area contributed by atoms with Crippen molar-refractivity contribution in [1.29, 1.82) is 0 Å². The number of carbonyl (C=O) groups is 4. The van der Waals surface area contributed by atoms with Gasteiger partial charge >= 0.3 is 5.97 Å². The van der Waals surface area contributed by atoms with E-state index in [2.05, 4.69) is 5.32 Å². The highest BCUT2D eigenvalue weighted by atomic mass is 16.5. The molecule has 0 aliphatic carbocycles. The van der Waals surface area contributed by atoms with E-state index in [0.29, 0.717) is 19.4 Å². The number of hydrogen-bond acceptors (Lipinski definition) is 6. The van der Waals surface area contributed by atoms with Crippen LogP contribution in [0.2, 0.25) is 0 Å². The van der Waals surface area contributed by atoms with Crippen molar-refractivity contribution >= 4 is 35.0 Å². The average molecular weight is 525 g/mol. The normalized spacial score (nSPS) is 16.8. The van der Waals surface area contributed by atoms with E-state index in [9.17, 15) is 19.2 Å². The van der Waals surface area contributed by atoms with Gasteiger partial charge in [-0.2, -0.15) is 0 Å². The lowest BCUT2D eigenvalue weighted by molar-refractivity contribution is -0.148. The number of likely N-dealkylation sites (tertiary alicyclic amines) is 1. The van der Waals surface area contributed by atoms with Gasteiger partial charge in [-0.15, -0.1) is 0 Å². The van der Waals surface area contributed by atoms with Gasteiger partial charge in [0.15, 0.2) is 0 Å². The molecule has 1 fully saturated rings. The molecule has 1 heterocycles. The molecule has 9 nitrogen and oxygen atoms in total. The number of ether oxygens (including phenoxy) is 1. The third-order valence-corrected chi connectivity index (χ3v) is 7.31. The Balaban J connectivity index is 1.90. The van der Waals surface area contributed by atoms with Crippen molar-refractivity contribution in [3.8, 4) is 0 Å². The first-order valence-corrected chi connectivity index (χ1v) is 13.5. The molecule has 38 heavy (non-hydrogen) atoms. The number of esters is 1. The van der Waals surface area contributed by atoms with Gasteiger partial charge in [-0.3, -0.25) is 19.2 Å². The summed E-state index contributed by atoms with van der Waals surface area (Å²) in [7, 11) is 0. The Hall–Kier alpha value is -3.46. The van der Waals surface area contributed by atoms with E-state index >= 15 is 0 Å². The van der Waals surface area contributed by atoms with Crippen LogP contribution in [0.3, 0.4) is 0 Å². The van der Waals surface area contributed by atoms with Crippen molar-refractivity contribution in [1.82, 2.24) is 15.1 Å². The Morgan fingerprint density at radius 2 is 1.87 bits per heavy atom. The third-order valence-electron chi connectivity index (χ3n) is 7.31. The number of nitrogens with zero attached hydrogens (tertiary/aromatic N) is 2. The summed E-state index contributed by atoms with van der Waals surface area (Å²) in [5, 5.41) is 4.94. The number of nitrogens with one attached hydrogen (secondary N) is 1. The molecule has 3 N–H and O–H groups in total. The number of rotatable bonds is 13. The Bertz CT molecular complexity index is 1120. The molecule has 3 amide bonds. The van der Waals surface area contributed by atoms with Crippen LogP contribution >= 0.6 is 0 Å². The van der Waals surface area contributed by atoms with Crippen molar-refractivity contribution in [3.05, 3.63) is 48.0 Å². The van der Waals surface area contributed by atoms with Crippen LogP contribution < -0.4 is 11.1 Å². The molecule has 2 unspecified atom stereocenters. The molecular formula is C29H40N4O5. The van der Waals surface area contributed by atoms with E-state index in [1.807, 2.05) is 56.3 Å². The maximum Gasteiger partial charge on any atom is 0.303 e. The fraction of sp³-hybridized carbons (Fsp3) is 0.517. The van der Waals surface area contributed by atoms with Gasteiger partial charge in [0.05, 0.1) is 6.54 Å². The summed E-state index contributed by atoms with van der Waals surface area (Å²) in [6.45, 7) is 5.88.